The number of rotatable bonds is 4. The van der Waals surface area contributed by atoms with E-state index in [9.17, 15) is 5.11 Å². The number of nitrogens with two attached hydrogens (primary N) is 1. The molecule has 0 amide bonds. The van der Waals surface area contributed by atoms with E-state index in [-0.39, 0.29) is 0 Å². The quantitative estimate of drug-likeness (QED) is 0.612. The molecule has 0 saturated heterocycles. The van der Waals surface area contributed by atoms with Gasteiger partial charge in [-0.1, -0.05) is 6.07 Å². The minimum Gasteiger partial charge on any atom is -0.398 e. The van der Waals surface area contributed by atoms with Crippen molar-refractivity contribution < 1.29 is 5.11 Å². The molecule has 0 radical (unpaired) electrons. The maximum atomic E-state index is 9.56. The molecule has 0 bridgehead atoms. The Hall–Kier alpha value is -0.670. The van der Waals surface area contributed by atoms with Crippen LogP contribution in [0.4, 0.5) is 5.69 Å². The smallest absolute Gasteiger partial charge is 0.0599 e. The van der Waals surface area contributed by atoms with Gasteiger partial charge in [0.15, 0.2) is 0 Å². The molecule has 1 aromatic rings. The standard InChI is InChI=1S/C12H19NOS/c1-9-4-5-11(10(13)8-9)15-7-6-12(2,3)14/h4-5,8,14H,6-7,13H2,1-3H3. The van der Waals surface area contributed by atoms with Crippen LogP contribution in [0, 0.1) is 6.92 Å². The van der Waals surface area contributed by atoms with Gasteiger partial charge in [-0.25, -0.2) is 0 Å². The molecule has 0 saturated carbocycles. The number of nitrogen functional groups attached to an aromatic ring is 1. The minimum absolute atomic E-state index is 0.591. The Kier molecular flexibility index (Phi) is 4.05. The lowest BCUT2D eigenvalue weighted by molar-refractivity contribution is 0.0778. The van der Waals surface area contributed by atoms with Gasteiger partial charge in [0, 0.05) is 16.3 Å². The Morgan fingerprint density at radius 1 is 1.40 bits per heavy atom. The van der Waals surface area contributed by atoms with Crippen molar-refractivity contribution in [2.75, 3.05) is 11.5 Å². The lowest BCUT2D eigenvalue weighted by Crippen LogP contribution is -2.19. The second-order valence-corrected chi connectivity index (χ2v) is 5.59. The summed E-state index contributed by atoms with van der Waals surface area (Å²) in [5.41, 5.74) is 7.31. The molecule has 0 spiro atoms. The fraction of sp³-hybridized carbons (Fsp3) is 0.500. The second kappa shape index (κ2) is 4.90. The molecule has 0 fully saturated rings. The predicted molar refractivity (Wildman–Crippen MR) is 67.2 cm³/mol. The first-order chi connectivity index (χ1) is 6.88. The summed E-state index contributed by atoms with van der Waals surface area (Å²) < 4.78 is 0. The maximum Gasteiger partial charge on any atom is 0.0599 e. The first kappa shape index (κ1) is 12.4. The van der Waals surface area contributed by atoms with Gasteiger partial charge >= 0.3 is 0 Å². The van der Waals surface area contributed by atoms with Crippen LogP contribution in [0.25, 0.3) is 0 Å². The average Bonchev–Trinajstić information content (AvgIpc) is 2.07. The van der Waals surface area contributed by atoms with Crippen molar-refractivity contribution in [3.8, 4) is 0 Å². The summed E-state index contributed by atoms with van der Waals surface area (Å²) in [6.45, 7) is 5.68. The van der Waals surface area contributed by atoms with Crippen LogP contribution in [-0.4, -0.2) is 16.5 Å². The first-order valence-electron chi connectivity index (χ1n) is 5.10. The summed E-state index contributed by atoms with van der Waals surface area (Å²) in [7, 11) is 0. The van der Waals surface area contributed by atoms with Crippen LogP contribution >= 0.6 is 11.8 Å². The van der Waals surface area contributed by atoms with Gasteiger partial charge in [0.25, 0.3) is 0 Å². The molecular weight excluding hydrogens is 206 g/mol. The van der Waals surface area contributed by atoms with Crippen LogP contribution in [0.15, 0.2) is 23.1 Å². The third-order valence-electron chi connectivity index (χ3n) is 2.14. The minimum atomic E-state index is -0.591. The Morgan fingerprint density at radius 2 is 2.07 bits per heavy atom. The van der Waals surface area contributed by atoms with Gasteiger partial charge in [-0.05, 0) is 44.9 Å². The molecule has 0 heterocycles. The molecule has 2 nitrogen and oxygen atoms in total. The molecule has 3 N–H and O–H groups in total. The number of aliphatic hydroxyl groups is 1. The molecule has 0 unspecified atom stereocenters. The van der Waals surface area contributed by atoms with E-state index in [0.717, 1.165) is 22.8 Å². The molecule has 84 valence electrons. The molecule has 0 aliphatic carbocycles. The van der Waals surface area contributed by atoms with Gasteiger partial charge in [-0.15, -0.1) is 11.8 Å². The highest BCUT2D eigenvalue weighted by Crippen LogP contribution is 2.27. The van der Waals surface area contributed by atoms with Gasteiger partial charge in [0.2, 0.25) is 0 Å². The zero-order chi connectivity index (χ0) is 11.5. The van der Waals surface area contributed by atoms with Crippen molar-refractivity contribution in [1.82, 2.24) is 0 Å². The summed E-state index contributed by atoms with van der Waals surface area (Å²) in [6.07, 6.45) is 0.769. The average molecular weight is 225 g/mol. The van der Waals surface area contributed by atoms with Gasteiger partial charge in [-0.2, -0.15) is 0 Å². The molecule has 0 aromatic heterocycles. The van der Waals surface area contributed by atoms with Crippen LogP contribution in [0.1, 0.15) is 25.8 Å². The van der Waals surface area contributed by atoms with Crippen molar-refractivity contribution in [2.24, 2.45) is 0 Å². The monoisotopic (exact) mass is 225 g/mol. The van der Waals surface area contributed by atoms with E-state index < -0.39 is 5.60 Å². The summed E-state index contributed by atoms with van der Waals surface area (Å²) in [4.78, 5) is 1.10. The normalized spacial score (nSPS) is 11.7. The lowest BCUT2D eigenvalue weighted by Gasteiger charge is -2.16. The Labute approximate surface area is 95.9 Å². The molecule has 1 aromatic carbocycles. The summed E-state index contributed by atoms with van der Waals surface area (Å²) >= 11 is 1.70. The van der Waals surface area contributed by atoms with E-state index in [1.165, 1.54) is 5.56 Å². The van der Waals surface area contributed by atoms with Gasteiger partial charge in [0.1, 0.15) is 0 Å². The predicted octanol–water partition coefficient (Wildman–Crippen LogP) is 2.83. The SMILES string of the molecule is Cc1ccc(SCCC(C)(C)O)c(N)c1. The third-order valence-corrected chi connectivity index (χ3v) is 3.23. The fourth-order valence-electron chi connectivity index (χ4n) is 1.21. The first-order valence-corrected chi connectivity index (χ1v) is 6.08. The topological polar surface area (TPSA) is 46.2 Å². The van der Waals surface area contributed by atoms with E-state index in [0.29, 0.717) is 0 Å². The van der Waals surface area contributed by atoms with Crippen molar-refractivity contribution >= 4 is 17.4 Å². The van der Waals surface area contributed by atoms with E-state index in [1.54, 1.807) is 11.8 Å². The molecular formula is C12H19NOS. The summed E-state index contributed by atoms with van der Waals surface area (Å²) in [6, 6.07) is 6.08. The third kappa shape index (κ3) is 4.58. The van der Waals surface area contributed by atoms with Crippen LogP contribution in [0.3, 0.4) is 0 Å². The van der Waals surface area contributed by atoms with Crippen molar-refractivity contribution in [1.29, 1.82) is 0 Å². The molecule has 0 aliphatic rings. The number of benzene rings is 1. The Bertz CT molecular complexity index is 331. The second-order valence-electron chi connectivity index (χ2n) is 4.45. The van der Waals surface area contributed by atoms with Crippen LogP contribution in [-0.2, 0) is 0 Å². The van der Waals surface area contributed by atoms with Gasteiger partial charge in [0.05, 0.1) is 5.60 Å². The number of hydrogen-bond acceptors (Lipinski definition) is 3. The van der Waals surface area contributed by atoms with Crippen molar-refractivity contribution in [3.05, 3.63) is 23.8 Å². The largest absolute Gasteiger partial charge is 0.398 e. The number of hydrogen-bond donors (Lipinski definition) is 2. The fourth-order valence-corrected chi connectivity index (χ4v) is 2.42. The number of thioether (sulfide) groups is 1. The zero-order valence-electron chi connectivity index (χ0n) is 9.58. The molecule has 3 heteroatoms. The van der Waals surface area contributed by atoms with E-state index >= 15 is 0 Å². The van der Waals surface area contributed by atoms with E-state index in [1.807, 2.05) is 32.9 Å². The molecule has 0 aliphatic heterocycles. The van der Waals surface area contributed by atoms with Crippen LogP contribution in [0.2, 0.25) is 0 Å². The van der Waals surface area contributed by atoms with Gasteiger partial charge < -0.3 is 10.8 Å². The Morgan fingerprint density at radius 3 is 2.60 bits per heavy atom. The van der Waals surface area contributed by atoms with Crippen LogP contribution in [0.5, 0.6) is 0 Å². The highest BCUT2D eigenvalue weighted by atomic mass is 32.2. The van der Waals surface area contributed by atoms with Crippen LogP contribution < -0.4 is 5.73 Å². The molecule has 0 atom stereocenters. The number of aryl methyl sites for hydroxylation is 1. The molecule has 15 heavy (non-hydrogen) atoms. The molecule has 1 rings (SSSR count). The summed E-state index contributed by atoms with van der Waals surface area (Å²) in [5.74, 6) is 0.886. The lowest BCUT2D eigenvalue weighted by atomic mass is 10.1. The highest BCUT2D eigenvalue weighted by molar-refractivity contribution is 7.99. The van der Waals surface area contributed by atoms with Crippen molar-refractivity contribution in [3.63, 3.8) is 0 Å². The highest BCUT2D eigenvalue weighted by Gasteiger charge is 2.12. The summed E-state index contributed by atoms with van der Waals surface area (Å²) in [5, 5.41) is 9.56. The maximum absolute atomic E-state index is 9.56. The van der Waals surface area contributed by atoms with Gasteiger partial charge in [-0.3, -0.25) is 0 Å². The number of anilines is 1. The van der Waals surface area contributed by atoms with E-state index in [2.05, 4.69) is 6.07 Å². The van der Waals surface area contributed by atoms with Crippen molar-refractivity contribution in [2.45, 2.75) is 37.7 Å². The van der Waals surface area contributed by atoms with E-state index in [4.69, 9.17) is 5.73 Å². The zero-order valence-corrected chi connectivity index (χ0v) is 10.4. The Balaban J connectivity index is 2.51.